The number of fused-ring (bicyclic) bond motifs is 1. The third-order valence-corrected chi connectivity index (χ3v) is 4.54. The molecule has 0 spiro atoms. The van der Waals surface area contributed by atoms with Crippen LogP contribution in [0.2, 0.25) is 0 Å². The normalized spacial score (nSPS) is 14.1. The van der Waals surface area contributed by atoms with Gasteiger partial charge in [-0.15, -0.1) is 0 Å². The maximum absolute atomic E-state index is 12.6. The Hall–Kier alpha value is -3.74. The number of aliphatic imine (C=N–C) groups is 1. The van der Waals surface area contributed by atoms with Crippen LogP contribution in [-0.4, -0.2) is 35.7 Å². The quantitative estimate of drug-likeness (QED) is 0.242. The number of ether oxygens (including phenoxy) is 1. The van der Waals surface area contributed by atoms with E-state index < -0.39 is 5.97 Å². The Labute approximate surface area is 174 Å². The number of aliphatic hydroxyl groups is 1. The van der Waals surface area contributed by atoms with Crippen LogP contribution in [0.4, 0.5) is 11.4 Å². The maximum atomic E-state index is 12.6. The van der Waals surface area contributed by atoms with Gasteiger partial charge in [0.25, 0.3) is 11.8 Å². The van der Waals surface area contributed by atoms with Crippen molar-refractivity contribution in [3.8, 4) is 0 Å². The van der Waals surface area contributed by atoms with Crippen molar-refractivity contribution in [2.45, 2.75) is 26.7 Å². The number of carbonyl (C=O) groups is 3. The van der Waals surface area contributed by atoms with Crippen molar-refractivity contribution in [3.63, 3.8) is 0 Å². The molecule has 0 aliphatic carbocycles. The number of allylic oxidation sites excluding steroid dienone is 1. The molecule has 2 aromatic carbocycles. The second-order valence-electron chi connectivity index (χ2n) is 6.60. The van der Waals surface area contributed by atoms with Gasteiger partial charge in [-0.2, -0.15) is 0 Å². The first-order valence-electron chi connectivity index (χ1n) is 9.69. The number of rotatable bonds is 7. The van der Waals surface area contributed by atoms with Gasteiger partial charge in [-0.1, -0.05) is 19.1 Å². The summed E-state index contributed by atoms with van der Waals surface area (Å²) in [7, 11) is 0. The molecule has 0 fully saturated rings. The first kappa shape index (κ1) is 21.0. The van der Waals surface area contributed by atoms with Gasteiger partial charge in [0.05, 0.1) is 29.1 Å². The van der Waals surface area contributed by atoms with Crippen LogP contribution in [0.3, 0.4) is 0 Å². The molecule has 7 nitrogen and oxygen atoms in total. The molecule has 154 valence electrons. The first-order valence-corrected chi connectivity index (χ1v) is 9.69. The Bertz CT molecular complexity index is 1000. The van der Waals surface area contributed by atoms with Crippen molar-refractivity contribution < 1.29 is 24.2 Å². The Morgan fingerprint density at radius 1 is 1.03 bits per heavy atom. The summed E-state index contributed by atoms with van der Waals surface area (Å²) in [4.78, 5) is 42.6. The molecule has 1 aliphatic rings. The summed E-state index contributed by atoms with van der Waals surface area (Å²) in [6.07, 6.45) is 2.26. The van der Waals surface area contributed by atoms with E-state index in [1.165, 1.54) is 6.21 Å². The molecule has 3 rings (SSSR count). The Morgan fingerprint density at radius 3 is 2.17 bits per heavy atom. The molecule has 2 aromatic rings. The number of benzene rings is 2. The smallest absolute Gasteiger partial charge is 0.343 e. The molecular weight excluding hydrogens is 384 g/mol. The number of hydrogen-bond acceptors (Lipinski definition) is 6. The first-order chi connectivity index (χ1) is 14.5. The van der Waals surface area contributed by atoms with Gasteiger partial charge in [-0.25, -0.2) is 9.69 Å². The predicted octanol–water partition coefficient (Wildman–Crippen LogP) is 4.36. The molecule has 7 heteroatoms. The number of imide groups is 1. The summed E-state index contributed by atoms with van der Waals surface area (Å²) >= 11 is 0. The third-order valence-electron chi connectivity index (χ3n) is 4.54. The Kier molecular flexibility index (Phi) is 6.41. The Morgan fingerprint density at radius 2 is 1.63 bits per heavy atom. The largest absolute Gasteiger partial charge is 0.511 e. The summed E-state index contributed by atoms with van der Waals surface area (Å²) in [5.74, 6) is -1.47. The van der Waals surface area contributed by atoms with Crippen molar-refractivity contribution >= 4 is 35.4 Å². The summed E-state index contributed by atoms with van der Waals surface area (Å²) in [6, 6.07) is 13.1. The van der Waals surface area contributed by atoms with E-state index in [0.29, 0.717) is 35.3 Å². The highest BCUT2D eigenvalue weighted by Gasteiger charge is 2.36. The van der Waals surface area contributed by atoms with Gasteiger partial charge in [0.15, 0.2) is 0 Å². The lowest BCUT2D eigenvalue weighted by molar-refractivity contribution is -0.138. The molecule has 0 saturated carbocycles. The SMILES string of the molecule is CCC/C(O)=C(\C=Nc1ccc(N2C(=O)c3ccccc3C2=O)cc1)C(=O)OCC. The van der Waals surface area contributed by atoms with E-state index in [9.17, 15) is 19.5 Å². The van der Waals surface area contributed by atoms with Crippen molar-refractivity contribution in [3.05, 3.63) is 71.0 Å². The molecular formula is C23H22N2O5. The third kappa shape index (κ3) is 4.15. The summed E-state index contributed by atoms with van der Waals surface area (Å²) in [5, 5.41) is 10.1. The highest BCUT2D eigenvalue weighted by atomic mass is 16.5. The number of anilines is 1. The number of esters is 1. The molecule has 2 amide bonds. The zero-order valence-electron chi connectivity index (χ0n) is 16.8. The van der Waals surface area contributed by atoms with Gasteiger partial charge in [0, 0.05) is 12.6 Å². The van der Waals surface area contributed by atoms with Crippen LogP contribution < -0.4 is 4.90 Å². The van der Waals surface area contributed by atoms with E-state index in [0.717, 1.165) is 4.90 Å². The molecule has 0 unspecified atom stereocenters. The summed E-state index contributed by atoms with van der Waals surface area (Å²) in [6.45, 7) is 3.75. The molecule has 0 aromatic heterocycles. The standard InChI is InChI=1S/C23H22N2O5/c1-3-7-20(26)19(23(29)30-4-2)14-24-15-10-12-16(13-11-15)25-21(27)17-8-5-6-9-18(17)22(25)28/h5-6,8-14,26H,3-4,7H2,1-2H3/b20-19-,24-14?. The minimum absolute atomic E-state index is 0.00289. The van der Waals surface area contributed by atoms with Gasteiger partial charge in [-0.05, 0) is 49.7 Å². The van der Waals surface area contributed by atoms with Gasteiger partial charge in [0.2, 0.25) is 0 Å². The van der Waals surface area contributed by atoms with Crippen LogP contribution in [0.15, 0.2) is 64.9 Å². The molecule has 1 heterocycles. The van der Waals surface area contributed by atoms with Crippen LogP contribution >= 0.6 is 0 Å². The lowest BCUT2D eigenvalue weighted by Crippen LogP contribution is -2.29. The van der Waals surface area contributed by atoms with E-state index in [4.69, 9.17) is 4.74 Å². The molecule has 0 atom stereocenters. The number of amides is 2. The highest BCUT2D eigenvalue weighted by molar-refractivity contribution is 6.34. The van der Waals surface area contributed by atoms with E-state index in [2.05, 4.69) is 4.99 Å². The lowest BCUT2D eigenvalue weighted by Gasteiger charge is -2.13. The van der Waals surface area contributed by atoms with Crippen molar-refractivity contribution in [1.82, 2.24) is 0 Å². The fraction of sp³-hybridized carbons (Fsp3) is 0.217. The second-order valence-corrected chi connectivity index (χ2v) is 6.60. The van der Waals surface area contributed by atoms with Crippen molar-refractivity contribution in [2.75, 3.05) is 11.5 Å². The Balaban J connectivity index is 1.82. The summed E-state index contributed by atoms with van der Waals surface area (Å²) in [5.41, 5.74) is 1.67. The van der Waals surface area contributed by atoms with Crippen LogP contribution in [-0.2, 0) is 9.53 Å². The average molecular weight is 406 g/mol. The fourth-order valence-electron chi connectivity index (χ4n) is 3.08. The monoisotopic (exact) mass is 406 g/mol. The topological polar surface area (TPSA) is 96.3 Å². The molecule has 0 radical (unpaired) electrons. The van der Waals surface area contributed by atoms with Crippen LogP contribution in [0.1, 0.15) is 47.4 Å². The van der Waals surface area contributed by atoms with Crippen molar-refractivity contribution in [1.29, 1.82) is 0 Å². The van der Waals surface area contributed by atoms with E-state index in [1.807, 2.05) is 6.92 Å². The van der Waals surface area contributed by atoms with Gasteiger partial charge >= 0.3 is 5.97 Å². The minimum Gasteiger partial charge on any atom is -0.511 e. The highest BCUT2D eigenvalue weighted by Crippen LogP contribution is 2.29. The molecule has 30 heavy (non-hydrogen) atoms. The van der Waals surface area contributed by atoms with Crippen LogP contribution in [0.5, 0.6) is 0 Å². The number of nitrogens with zero attached hydrogens (tertiary/aromatic N) is 2. The summed E-state index contributed by atoms with van der Waals surface area (Å²) < 4.78 is 4.97. The minimum atomic E-state index is -0.644. The van der Waals surface area contributed by atoms with E-state index in [1.54, 1.807) is 55.5 Å². The average Bonchev–Trinajstić information content (AvgIpc) is 3.00. The zero-order chi connectivity index (χ0) is 21.7. The second kappa shape index (κ2) is 9.17. The number of aliphatic hydroxyl groups excluding tert-OH is 1. The van der Waals surface area contributed by atoms with Crippen LogP contribution in [0, 0.1) is 0 Å². The van der Waals surface area contributed by atoms with Crippen LogP contribution in [0.25, 0.3) is 0 Å². The molecule has 0 bridgehead atoms. The lowest BCUT2D eigenvalue weighted by atomic mass is 10.1. The zero-order valence-corrected chi connectivity index (χ0v) is 16.8. The molecule has 0 saturated heterocycles. The van der Waals surface area contributed by atoms with E-state index in [-0.39, 0.29) is 29.8 Å². The number of hydrogen-bond donors (Lipinski definition) is 1. The molecule has 1 N–H and O–H groups in total. The molecule has 1 aliphatic heterocycles. The van der Waals surface area contributed by atoms with Gasteiger partial charge in [0.1, 0.15) is 11.3 Å². The van der Waals surface area contributed by atoms with Gasteiger partial charge < -0.3 is 9.84 Å². The number of carbonyl (C=O) groups excluding carboxylic acids is 3. The van der Waals surface area contributed by atoms with Crippen molar-refractivity contribution in [2.24, 2.45) is 4.99 Å². The predicted molar refractivity (Wildman–Crippen MR) is 113 cm³/mol. The maximum Gasteiger partial charge on any atom is 0.343 e. The van der Waals surface area contributed by atoms with Gasteiger partial charge in [-0.3, -0.25) is 14.6 Å². The fourth-order valence-corrected chi connectivity index (χ4v) is 3.08. The van der Waals surface area contributed by atoms with E-state index >= 15 is 0 Å².